The number of aryl methyl sites for hydroxylation is 2. The number of hydrogen-bond donors (Lipinski definition) is 2. The molecule has 0 aliphatic rings. The summed E-state index contributed by atoms with van der Waals surface area (Å²) < 4.78 is 5.08. The maximum absolute atomic E-state index is 12.5. The molecule has 3 rings (SSSR count). The van der Waals surface area contributed by atoms with E-state index in [1.54, 1.807) is 30.3 Å². The summed E-state index contributed by atoms with van der Waals surface area (Å²) in [4.78, 5) is 24.6. The molecule has 3 aromatic rings. The van der Waals surface area contributed by atoms with Crippen molar-refractivity contribution >= 4 is 23.2 Å². The van der Waals surface area contributed by atoms with Gasteiger partial charge in [0, 0.05) is 16.9 Å². The summed E-state index contributed by atoms with van der Waals surface area (Å²) in [6.07, 6.45) is 1.44. The van der Waals surface area contributed by atoms with Gasteiger partial charge in [-0.3, -0.25) is 9.59 Å². The maximum atomic E-state index is 12.5. The van der Waals surface area contributed by atoms with E-state index >= 15 is 0 Å². The number of amides is 2. The van der Waals surface area contributed by atoms with E-state index in [4.69, 9.17) is 4.42 Å². The molecule has 0 atom stereocenters. The molecule has 0 fully saturated rings. The lowest BCUT2D eigenvalue weighted by atomic mass is 10.1. The van der Waals surface area contributed by atoms with E-state index < -0.39 is 0 Å². The molecule has 0 saturated heterocycles. The molecule has 5 nitrogen and oxygen atoms in total. The lowest BCUT2D eigenvalue weighted by Gasteiger charge is -2.11. The van der Waals surface area contributed by atoms with Gasteiger partial charge in [-0.15, -0.1) is 0 Å². The SMILES string of the molecule is Cc1cccc(NC(=O)c2ccc(C)c(NC(=O)c3ccco3)c2)c1. The molecule has 0 aliphatic carbocycles. The van der Waals surface area contributed by atoms with Crippen molar-refractivity contribution in [1.29, 1.82) is 0 Å². The molecular formula is C20H18N2O3. The molecule has 2 amide bonds. The lowest BCUT2D eigenvalue weighted by Crippen LogP contribution is -2.15. The van der Waals surface area contributed by atoms with Crippen molar-refractivity contribution in [1.82, 2.24) is 0 Å². The van der Waals surface area contributed by atoms with Crippen molar-refractivity contribution < 1.29 is 14.0 Å². The van der Waals surface area contributed by atoms with Crippen LogP contribution in [0.5, 0.6) is 0 Å². The highest BCUT2D eigenvalue weighted by Gasteiger charge is 2.13. The summed E-state index contributed by atoms with van der Waals surface area (Å²) in [5.41, 5.74) is 3.67. The van der Waals surface area contributed by atoms with Gasteiger partial charge in [0.15, 0.2) is 5.76 Å². The van der Waals surface area contributed by atoms with Crippen LogP contribution >= 0.6 is 0 Å². The summed E-state index contributed by atoms with van der Waals surface area (Å²) in [5.74, 6) is -0.377. The molecule has 0 saturated carbocycles. The van der Waals surface area contributed by atoms with Crippen LogP contribution in [0.1, 0.15) is 32.0 Å². The van der Waals surface area contributed by atoms with E-state index in [9.17, 15) is 9.59 Å². The van der Waals surface area contributed by atoms with Gasteiger partial charge in [0.1, 0.15) is 0 Å². The molecule has 0 unspecified atom stereocenters. The van der Waals surface area contributed by atoms with Gasteiger partial charge in [-0.05, 0) is 61.4 Å². The molecule has 0 radical (unpaired) electrons. The van der Waals surface area contributed by atoms with Crippen LogP contribution in [-0.2, 0) is 0 Å². The second-order valence-electron chi connectivity index (χ2n) is 5.78. The average Bonchev–Trinajstić information content (AvgIpc) is 3.11. The fraction of sp³-hybridized carbons (Fsp3) is 0.100. The van der Waals surface area contributed by atoms with Crippen molar-refractivity contribution in [2.75, 3.05) is 10.6 Å². The molecule has 1 aromatic heterocycles. The third kappa shape index (κ3) is 3.95. The normalized spacial score (nSPS) is 10.3. The first kappa shape index (κ1) is 16.5. The summed E-state index contributed by atoms with van der Waals surface area (Å²) in [5, 5.41) is 5.62. The number of anilines is 2. The minimum Gasteiger partial charge on any atom is -0.459 e. The van der Waals surface area contributed by atoms with Crippen molar-refractivity contribution in [3.8, 4) is 0 Å². The number of carbonyl (C=O) groups is 2. The Morgan fingerprint density at radius 3 is 2.44 bits per heavy atom. The minimum atomic E-state index is -0.357. The van der Waals surface area contributed by atoms with Gasteiger partial charge in [-0.2, -0.15) is 0 Å². The number of furan rings is 1. The molecule has 126 valence electrons. The van der Waals surface area contributed by atoms with Crippen LogP contribution in [0, 0.1) is 13.8 Å². The fourth-order valence-electron chi connectivity index (χ4n) is 2.42. The standard InChI is InChI=1S/C20H18N2O3/c1-13-5-3-6-16(11-13)21-19(23)15-9-8-14(2)17(12-15)22-20(24)18-7-4-10-25-18/h3-12H,1-2H3,(H,21,23)(H,22,24). The van der Waals surface area contributed by atoms with Gasteiger partial charge in [-0.25, -0.2) is 0 Å². The Bertz CT molecular complexity index is 914. The van der Waals surface area contributed by atoms with E-state index in [-0.39, 0.29) is 17.6 Å². The van der Waals surface area contributed by atoms with Crippen molar-refractivity contribution in [2.24, 2.45) is 0 Å². The van der Waals surface area contributed by atoms with Crippen molar-refractivity contribution in [3.05, 3.63) is 83.3 Å². The lowest BCUT2D eigenvalue weighted by molar-refractivity contribution is 0.0993. The Morgan fingerprint density at radius 1 is 0.880 bits per heavy atom. The third-order valence-electron chi connectivity index (χ3n) is 3.77. The summed E-state index contributed by atoms with van der Waals surface area (Å²) in [7, 11) is 0. The van der Waals surface area contributed by atoms with Crippen LogP contribution in [0.4, 0.5) is 11.4 Å². The smallest absolute Gasteiger partial charge is 0.291 e. The van der Waals surface area contributed by atoms with Gasteiger partial charge in [0.25, 0.3) is 11.8 Å². The molecule has 2 aromatic carbocycles. The van der Waals surface area contributed by atoms with Crippen LogP contribution < -0.4 is 10.6 Å². The number of carbonyl (C=O) groups excluding carboxylic acids is 2. The number of benzene rings is 2. The number of hydrogen-bond acceptors (Lipinski definition) is 3. The maximum Gasteiger partial charge on any atom is 0.291 e. The highest BCUT2D eigenvalue weighted by atomic mass is 16.3. The van der Waals surface area contributed by atoms with Gasteiger partial charge >= 0.3 is 0 Å². The Morgan fingerprint density at radius 2 is 1.72 bits per heavy atom. The van der Waals surface area contributed by atoms with Gasteiger partial charge in [0.05, 0.1) is 6.26 Å². The highest BCUT2D eigenvalue weighted by molar-refractivity contribution is 6.07. The first-order valence-electron chi connectivity index (χ1n) is 7.86. The third-order valence-corrected chi connectivity index (χ3v) is 3.77. The molecule has 0 bridgehead atoms. The van der Waals surface area contributed by atoms with Gasteiger partial charge < -0.3 is 15.1 Å². The van der Waals surface area contributed by atoms with E-state index in [0.717, 1.165) is 16.8 Å². The molecule has 1 heterocycles. The molecular weight excluding hydrogens is 316 g/mol. The fourth-order valence-corrected chi connectivity index (χ4v) is 2.42. The largest absolute Gasteiger partial charge is 0.459 e. The van der Waals surface area contributed by atoms with Crippen molar-refractivity contribution in [3.63, 3.8) is 0 Å². The second kappa shape index (κ2) is 7.05. The summed E-state index contributed by atoms with van der Waals surface area (Å²) in [6.45, 7) is 3.82. The van der Waals surface area contributed by atoms with E-state index in [1.165, 1.54) is 6.26 Å². The van der Waals surface area contributed by atoms with E-state index in [1.807, 2.05) is 38.1 Å². The number of rotatable bonds is 4. The summed E-state index contributed by atoms with van der Waals surface area (Å²) >= 11 is 0. The Kier molecular flexibility index (Phi) is 4.66. The second-order valence-corrected chi connectivity index (χ2v) is 5.78. The van der Waals surface area contributed by atoms with Crippen LogP contribution in [0.2, 0.25) is 0 Å². The predicted molar refractivity (Wildman–Crippen MR) is 97.0 cm³/mol. The minimum absolute atomic E-state index is 0.217. The summed E-state index contributed by atoms with van der Waals surface area (Å²) in [6, 6.07) is 16.0. The average molecular weight is 334 g/mol. The topological polar surface area (TPSA) is 71.3 Å². The molecule has 0 aliphatic heterocycles. The van der Waals surface area contributed by atoms with E-state index in [0.29, 0.717) is 11.3 Å². The Hall–Kier alpha value is -3.34. The molecule has 2 N–H and O–H groups in total. The monoisotopic (exact) mass is 334 g/mol. The first-order chi connectivity index (χ1) is 12.0. The first-order valence-corrected chi connectivity index (χ1v) is 7.86. The van der Waals surface area contributed by atoms with E-state index in [2.05, 4.69) is 10.6 Å². The Labute approximate surface area is 145 Å². The van der Waals surface area contributed by atoms with Crippen LogP contribution in [0.25, 0.3) is 0 Å². The van der Waals surface area contributed by atoms with Crippen molar-refractivity contribution in [2.45, 2.75) is 13.8 Å². The van der Waals surface area contributed by atoms with Crippen LogP contribution in [0.3, 0.4) is 0 Å². The molecule has 0 spiro atoms. The van der Waals surface area contributed by atoms with Gasteiger partial charge in [0.2, 0.25) is 0 Å². The predicted octanol–water partition coefficient (Wildman–Crippen LogP) is 4.40. The highest BCUT2D eigenvalue weighted by Crippen LogP contribution is 2.19. The zero-order chi connectivity index (χ0) is 17.8. The molecule has 5 heteroatoms. The molecule has 25 heavy (non-hydrogen) atoms. The van der Waals surface area contributed by atoms with Gasteiger partial charge in [-0.1, -0.05) is 18.2 Å². The van der Waals surface area contributed by atoms with Crippen LogP contribution in [-0.4, -0.2) is 11.8 Å². The Balaban J connectivity index is 1.78. The van der Waals surface area contributed by atoms with Crippen LogP contribution in [0.15, 0.2) is 65.3 Å². The quantitative estimate of drug-likeness (QED) is 0.743. The zero-order valence-corrected chi connectivity index (χ0v) is 14.0. The zero-order valence-electron chi connectivity index (χ0n) is 14.0. The number of nitrogens with one attached hydrogen (secondary N) is 2.